The van der Waals surface area contributed by atoms with E-state index >= 15 is 0 Å². The summed E-state index contributed by atoms with van der Waals surface area (Å²) in [5.74, 6) is 0.767. The second-order valence-electron chi connectivity index (χ2n) is 5.45. The molecule has 0 bridgehead atoms. The fraction of sp³-hybridized carbons (Fsp3) is 0.278. The Morgan fingerprint density at radius 1 is 1.30 bits per heavy atom. The molecule has 0 saturated heterocycles. The quantitative estimate of drug-likeness (QED) is 0.600. The van der Waals surface area contributed by atoms with Crippen LogP contribution in [0.4, 0.5) is 5.82 Å². The molecule has 0 amide bonds. The molecule has 1 heterocycles. The highest BCUT2D eigenvalue weighted by atomic mass is 16.1. The van der Waals surface area contributed by atoms with Crippen molar-refractivity contribution in [3.63, 3.8) is 0 Å². The highest BCUT2D eigenvalue weighted by Gasteiger charge is 2.02. The van der Waals surface area contributed by atoms with Crippen LogP contribution in [0.25, 0.3) is 17.3 Å². The van der Waals surface area contributed by atoms with Crippen molar-refractivity contribution >= 4 is 18.2 Å². The number of aromatic nitrogens is 2. The zero-order valence-electron chi connectivity index (χ0n) is 13.5. The summed E-state index contributed by atoms with van der Waals surface area (Å²) in [7, 11) is 4.12. The van der Waals surface area contributed by atoms with E-state index in [9.17, 15) is 4.79 Å². The molecule has 1 aromatic heterocycles. The Hall–Kier alpha value is -2.53. The van der Waals surface area contributed by atoms with Crippen molar-refractivity contribution in [2.75, 3.05) is 32.5 Å². The van der Waals surface area contributed by atoms with Crippen LogP contribution in [0.2, 0.25) is 0 Å². The summed E-state index contributed by atoms with van der Waals surface area (Å²) in [6, 6.07) is 7.79. The average molecular weight is 309 g/mol. The van der Waals surface area contributed by atoms with Gasteiger partial charge in [-0.1, -0.05) is 24.3 Å². The topological polar surface area (TPSA) is 58.1 Å². The SMILES string of the molecule is CN(C)CCCNc1cncc(-c2cccc(/C=C/[C]=O)c2)n1. The van der Waals surface area contributed by atoms with Crippen LogP contribution in [0.15, 0.2) is 42.7 Å². The van der Waals surface area contributed by atoms with Gasteiger partial charge < -0.3 is 10.2 Å². The number of hydrogen-bond donors (Lipinski definition) is 1. The largest absolute Gasteiger partial charge is 0.369 e. The van der Waals surface area contributed by atoms with Gasteiger partial charge in [0.25, 0.3) is 0 Å². The first-order valence-electron chi connectivity index (χ1n) is 7.54. The third-order valence-corrected chi connectivity index (χ3v) is 3.25. The molecule has 0 fully saturated rings. The van der Waals surface area contributed by atoms with Crippen molar-refractivity contribution in [3.8, 4) is 11.3 Å². The predicted octanol–water partition coefficient (Wildman–Crippen LogP) is 2.63. The van der Waals surface area contributed by atoms with Crippen LogP contribution >= 0.6 is 0 Å². The summed E-state index contributed by atoms with van der Waals surface area (Å²) in [4.78, 5) is 21.3. The molecule has 23 heavy (non-hydrogen) atoms. The Labute approximate surface area is 137 Å². The highest BCUT2D eigenvalue weighted by molar-refractivity contribution is 5.75. The van der Waals surface area contributed by atoms with E-state index in [1.807, 2.05) is 24.3 Å². The van der Waals surface area contributed by atoms with Crippen LogP contribution < -0.4 is 5.32 Å². The molecule has 5 heteroatoms. The summed E-state index contributed by atoms with van der Waals surface area (Å²) in [5, 5.41) is 3.29. The summed E-state index contributed by atoms with van der Waals surface area (Å²) in [6.45, 7) is 1.89. The van der Waals surface area contributed by atoms with Crippen molar-refractivity contribution in [2.45, 2.75) is 6.42 Å². The minimum atomic E-state index is 0.767. The van der Waals surface area contributed by atoms with Gasteiger partial charge in [-0.25, -0.2) is 4.98 Å². The normalized spacial score (nSPS) is 11.1. The third kappa shape index (κ3) is 5.64. The molecule has 1 N–H and O–H groups in total. The lowest BCUT2D eigenvalue weighted by Gasteiger charge is -2.10. The van der Waals surface area contributed by atoms with Crippen molar-refractivity contribution in [1.82, 2.24) is 14.9 Å². The van der Waals surface area contributed by atoms with E-state index in [1.54, 1.807) is 24.8 Å². The average Bonchev–Trinajstić information content (AvgIpc) is 2.57. The van der Waals surface area contributed by atoms with Crippen molar-refractivity contribution < 1.29 is 4.79 Å². The molecule has 1 radical (unpaired) electrons. The van der Waals surface area contributed by atoms with E-state index in [4.69, 9.17) is 0 Å². The van der Waals surface area contributed by atoms with Crippen molar-refractivity contribution in [1.29, 1.82) is 0 Å². The number of nitrogens with zero attached hydrogens (tertiary/aromatic N) is 3. The van der Waals surface area contributed by atoms with Gasteiger partial charge in [0, 0.05) is 12.1 Å². The lowest BCUT2D eigenvalue weighted by atomic mass is 10.1. The molecule has 0 spiro atoms. The first-order chi connectivity index (χ1) is 11.2. The minimum absolute atomic E-state index is 0.767. The minimum Gasteiger partial charge on any atom is -0.369 e. The lowest BCUT2D eigenvalue weighted by molar-refractivity contribution is 0.405. The fourth-order valence-corrected chi connectivity index (χ4v) is 2.13. The molecule has 0 saturated carbocycles. The second kappa shape index (κ2) is 8.80. The molecule has 1 aromatic carbocycles. The number of rotatable bonds is 8. The van der Waals surface area contributed by atoms with Gasteiger partial charge in [-0.3, -0.25) is 9.78 Å². The van der Waals surface area contributed by atoms with Crippen LogP contribution in [-0.2, 0) is 4.79 Å². The van der Waals surface area contributed by atoms with Gasteiger partial charge in [-0.2, -0.15) is 0 Å². The Bertz CT molecular complexity index is 668. The summed E-state index contributed by atoms with van der Waals surface area (Å²) < 4.78 is 0. The molecule has 2 aromatic rings. The molecule has 0 aliphatic rings. The number of anilines is 1. The summed E-state index contributed by atoms with van der Waals surface area (Å²) in [5.41, 5.74) is 2.69. The molecule has 2 rings (SSSR count). The molecule has 0 aliphatic heterocycles. The Morgan fingerprint density at radius 3 is 2.96 bits per heavy atom. The maximum atomic E-state index is 10.3. The number of allylic oxidation sites excluding steroid dienone is 1. The number of carbonyl (C=O) groups excluding carboxylic acids is 1. The van der Waals surface area contributed by atoms with Crippen LogP contribution in [0.1, 0.15) is 12.0 Å². The van der Waals surface area contributed by atoms with E-state index in [1.165, 1.54) is 6.08 Å². The van der Waals surface area contributed by atoms with Gasteiger partial charge in [0.05, 0.1) is 18.1 Å². The Balaban J connectivity index is 2.07. The Kier molecular flexibility index (Phi) is 6.44. The number of benzene rings is 1. The van der Waals surface area contributed by atoms with Crippen LogP contribution in [0.5, 0.6) is 0 Å². The van der Waals surface area contributed by atoms with E-state index in [-0.39, 0.29) is 0 Å². The highest BCUT2D eigenvalue weighted by Crippen LogP contribution is 2.19. The maximum absolute atomic E-state index is 10.3. The van der Waals surface area contributed by atoms with Crippen LogP contribution in [-0.4, -0.2) is 48.3 Å². The Morgan fingerprint density at radius 2 is 2.17 bits per heavy atom. The van der Waals surface area contributed by atoms with Crippen LogP contribution in [0, 0.1) is 0 Å². The molecule has 119 valence electrons. The predicted molar refractivity (Wildman–Crippen MR) is 93.9 cm³/mol. The molecule has 0 unspecified atom stereocenters. The van der Waals surface area contributed by atoms with E-state index < -0.39 is 0 Å². The molecular formula is C18H21N4O. The zero-order chi connectivity index (χ0) is 16.5. The van der Waals surface area contributed by atoms with Crippen molar-refractivity contribution in [2.24, 2.45) is 0 Å². The van der Waals surface area contributed by atoms with Crippen molar-refractivity contribution in [3.05, 3.63) is 48.3 Å². The van der Waals surface area contributed by atoms with Gasteiger partial charge in [0.15, 0.2) is 0 Å². The van der Waals surface area contributed by atoms with E-state index in [2.05, 4.69) is 34.3 Å². The molecule has 0 atom stereocenters. The third-order valence-electron chi connectivity index (χ3n) is 3.25. The summed E-state index contributed by atoms with van der Waals surface area (Å²) >= 11 is 0. The fourth-order valence-electron chi connectivity index (χ4n) is 2.13. The number of hydrogen-bond acceptors (Lipinski definition) is 5. The second-order valence-corrected chi connectivity index (χ2v) is 5.45. The van der Waals surface area contributed by atoms with Gasteiger partial charge >= 0.3 is 0 Å². The van der Waals surface area contributed by atoms with Gasteiger partial charge in [-0.05, 0) is 44.8 Å². The van der Waals surface area contributed by atoms with Gasteiger partial charge in [0.1, 0.15) is 5.82 Å². The summed E-state index contributed by atoms with van der Waals surface area (Å²) in [6.07, 6.45) is 9.32. The number of nitrogens with one attached hydrogen (secondary N) is 1. The zero-order valence-corrected chi connectivity index (χ0v) is 13.5. The maximum Gasteiger partial charge on any atom is 0.225 e. The molecular weight excluding hydrogens is 288 g/mol. The monoisotopic (exact) mass is 309 g/mol. The molecule has 0 aliphatic carbocycles. The van der Waals surface area contributed by atoms with Gasteiger partial charge in [0.2, 0.25) is 6.29 Å². The first kappa shape index (κ1) is 16.8. The van der Waals surface area contributed by atoms with E-state index in [0.717, 1.165) is 42.1 Å². The van der Waals surface area contributed by atoms with E-state index in [0.29, 0.717) is 0 Å². The van der Waals surface area contributed by atoms with Gasteiger partial charge in [-0.15, -0.1) is 0 Å². The van der Waals surface area contributed by atoms with Crippen LogP contribution in [0.3, 0.4) is 0 Å². The standard InChI is InChI=1S/C18H21N4O/c1-22(2)10-5-9-20-18-14-19-13-17(21-18)16-8-3-6-15(12-16)7-4-11-23/h3-4,6-8,12-14H,5,9-10H2,1-2H3,(H,20,21)/b7-4+. The first-order valence-corrected chi connectivity index (χ1v) is 7.54. The smallest absolute Gasteiger partial charge is 0.225 e. The molecule has 5 nitrogen and oxygen atoms in total. The lowest BCUT2D eigenvalue weighted by Crippen LogP contribution is -2.16.